The number of anilines is 1. The highest BCUT2D eigenvalue weighted by atomic mass is 16.5. The molecule has 2 aromatic rings. The van der Waals surface area contributed by atoms with Gasteiger partial charge in [0, 0.05) is 23.7 Å². The maximum Gasteiger partial charge on any atom is 0.230 e. The molecule has 1 aromatic heterocycles. The van der Waals surface area contributed by atoms with E-state index in [9.17, 15) is 9.90 Å². The molecule has 0 spiro atoms. The lowest BCUT2D eigenvalue weighted by Crippen LogP contribution is -2.42. The Hall–Kier alpha value is -3.12. The van der Waals surface area contributed by atoms with E-state index in [0.717, 1.165) is 72.4 Å². The van der Waals surface area contributed by atoms with Crippen molar-refractivity contribution in [3.63, 3.8) is 0 Å². The lowest BCUT2D eigenvalue weighted by Gasteiger charge is -2.36. The van der Waals surface area contributed by atoms with Crippen LogP contribution in [-0.2, 0) is 9.53 Å². The number of aliphatic hydroxyl groups is 1. The molecule has 6 heteroatoms. The van der Waals surface area contributed by atoms with Crippen LogP contribution in [0, 0.1) is 24.7 Å². The molecule has 0 saturated heterocycles. The van der Waals surface area contributed by atoms with E-state index >= 15 is 0 Å². The van der Waals surface area contributed by atoms with Gasteiger partial charge < -0.3 is 19.2 Å². The summed E-state index contributed by atoms with van der Waals surface area (Å²) in [6.07, 6.45) is 12.6. The Labute approximate surface area is 233 Å². The first kappa shape index (κ1) is 28.9. The molecular formula is C33H44N2O4. The van der Waals surface area contributed by atoms with Gasteiger partial charge in [-0.05, 0) is 114 Å². The molecular weight excluding hydrogens is 488 g/mol. The third-order valence-electron chi connectivity index (χ3n) is 8.31. The lowest BCUT2D eigenvalue weighted by atomic mass is 9.78. The van der Waals surface area contributed by atoms with E-state index in [0.29, 0.717) is 37.1 Å². The van der Waals surface area contributed by atoms with Crippen LogP contribution >= 0.6 is 0 Å². The Morgan fingerprint density at radius 1 is 1.10 bits per heavy atom. The average molecular weight is 533 g/mol. The molecule has 0 unspecified atom stereocenters. The smallest absolute Gasteiger partial charge is 0.230 e. The molecule has 2 aliphatic rings. The fourth-order valence-electron chi connectivity index (χ4n) is 5.89. The fourth-order valence-corrected chi connectivity index (χ4v) is 5.89. The van der Waals surface area contributed by atoms with Crippen molar-refractivity contribution in [1.82, 2.24) is 4.98 Å². The molecule has 210 valence electrons. The first-order valence-corrected chi connectivity index (χ1v) is 14.4. The van der Waals surface area contributed by atoms with E-state index in [1.165, 1.54) is 0 Å². The monoisotopic (exact) mass is 532 g/mol. The zero-order valence-corrected chi connectivity index (χ0v) is 24.0. The first-order valence-electron chi connectivity index (χ1n) is 14.4. The standard InChI is InChI=1S/C33H44N2O4/c1-22(2)31(38-5)18-9-23(3)26-12-10-25(11-13-26)20-35(33(37)27-14-16-30(36)17-15-27)29-8-6-7-28(19-29)32-34-24(4)21-39-32/h6-9,18-19,21,25-27,30,36H,3,10-17,20H2,1-2,4-5H3/b18-9-/t25-,26-,27-,30-. The number of ether oxygens (including phenoxy) is 1. The van der Waals surface area contributed by atoms with Gasteiger partial charge in [0.15, 0.2) is 0 Å². The van der Waals surface area contributed by atoms with Gasteiger partial charge in [0.25, 0.3) is 0 Å². The Morgan fingerprint density at radius 2 is 1.79 bits per heavy atom. The van der Waals surface area contributed by atoms with E-state index in [1.54, 1.807) is 13.4 Å². The molecule has 39 heavy (non-hydrogen) atoms. The number of rotatable bonds is 9. The molecule has 0 radical (unpaired) electrons. The molecule has 2 aliphatic carbocycles. The van der Waals surface area contributed by atoms with E-state index < -0.39 is 0 Å². The number of hydrogen-bond acceptors (Lipinski definition) is 5. The number of aliphatic hydroxyl groups excluding tert-OH is 1. The van der Waals surface area contributed by atoms with Gasteiger partial charge in [-0.1, -0.05) is 24.3 Å². The number of benzene rings is 1. The van der Waals surface area contributed by atoms with Crippen LogP contribution in [0.5, 0.6) is 0 Å². The lowest BCUT2D eigenvalue weighted by molar-refractivity contribution is -0.124. The predicted molar refractivity (Wildman–Crippen MR) is 156 cm³/mol. The number of amides is 1. The number of hydrogen-bond donors (Lipinski definition) is 1. The van der Waals surface area contributed by atoms with E-state index in [2.05, 4.69) is 17.6 Å². The summed E-state index contributed by atoms with van der Waals surface area (Å²) in [7, 11) is 1.70. The van der Waals surface area contributed by atoms with Crippen molar-refractivity contribution in [2.24, 2.45) is 17.8 Å². The van der Waals surface area contributed by atoms with Gasteiger partial charge in [0.05, 0.1) is 18.9 Å². The number of carbonyl (C=O) groups is 1. The summed E-state index contributed by atoms with van der Waals surface area (Å²) in [5, 5.41) is 10.0. The van der Waals surface area contributed by atoms with Crippen LogP contribution in [0.3, 0.4) is 0 Å². The highest BCUT2D eigenvalue weighted by Gasteiger charge is 2.32. The minimum absolute atomic E-state index is 0.0488. The number of nitrogens with zero attached hydrogens (tertiary/aromatic N) is 2. The number of methoxy groups -OCH3 is 1. The number of aryl methyl sites for hydroxylation is 1. The fraction of sp³-hybridized carbons (Fsp3) is 0.515. The highest BCUT2D eigenvalue weighted by molar-refractivity contribution is 5.95. The molecule has 1 aromatic carbocycles. The number of carbonyl (C=O) groups excluding carboxylic acids is 1. The van der Waals surface area contributed by atoms with Crippen LogP contribution in [-0.4, -0.2) is 35.8 Å². The molecule has 2 saturated carbocycles. The first-order chi connectivity index (χ1) is 18.7. The quantitative estimate of drug-likeness (QED) is 0.269. The van der Waals surface area contributed by atoms with Gasteiger partial charge >= 0.3 is 0 Å². The molecule has 4 rings (SSSR count). The Bertz CT molecular complexity index is 1190. The summed E-state index contributed by atoms with van der Waals surface area (Å²) in [4.78, 5) is 20.4. The summed E-state index contributed by atoms with van der Waals surface area (Å²) >= 11 is 0. The minimum atomic E-state index is -0.284. The molecule has 0 atom stereocenters. The molecule has 0 aliphatic heterocycles. The van der Waals surface area contributed by atoms with Gasteiger partial charge in [-0.2, -0.15) is 0 Å². The van der Waals surface area contributed by atoms with Crippen molar-refractivity contribution < 1.29 is 19.1 Å². The van der Waals surface area contributed by atoms with Crippen molar-refractivity contribution in [3.05, 3.63) is 71.9 Å². The normalized spacial score (nSPS) is 23.4. The second kappa shape index (κ2) is 13.3. The van der Waals surface area contributed by atoms with Gasteiger partial charge in [-0.15, -0.1) is 0 Å². The van der Waals surface area contributed by atoms with Gasteiger partial charge in [-0.3, -0.25) is 4.79 Å². The van der Waals surface area contributed by atoms with Crippen molar-refractivity contribution in [2.45, 2.75) is 78.2 Å². The second-order valence-corrected chi connectivity index (χ2v) is 11.5. The Balaban J connectivity index is 1.47. The average Bonchev–Trinajstić information content (AvgIpc) is 3.38. The maximum atomic E-state index is 13.9. The summed E-state index contributed by atoms with van der Waals surface area (Å²) < 4.78 is 11.1. The molecule has 0 bridgehead atoms. The number of aromatic nitrogens is 1. The topological polar surface area (TPSA) is 75.8 Å². The van der Waals surface area contributed by atoms with E-state index in [-0.39, 0.29) is 17.9 Å². The Morgan fingerprint density at radius 3 is 2.41 bits per heavy atom. The SMILES string of the molecule is C=C(/C=C\C(OC)=C(C)C)[C@H]1CC[C@H](CN(c2cccc(-c3nc(C)co3)c2)C(=O)[C@H]2CC[C@H](O)CC2)CC1. The summed E-state index contributed by atoms with van der Waals surface area (Å²) in [6.45, 7) is 11.0. The number of allylic oxidation sites excluding steroid dienone is 4. The van der Waals surface area contributed by atoms with Crippen molar-refractivity contribution >= 4 is 11.6 Å². The zero-order chi connectivity index (χ0) is 27.9. The van der Waals surface area contributed by atoms with Crippen molar-refractivity contribution in [2.75, 3.05) is 18.6 Å². The zero-order valence-electron chi connectivity index (χ0n) is 24.0. The largest absolute Gasteiger partial charge is 0.497 e. The molecule has 2 fully saturated rings. The van der Waals surface area contributed by atoms with E-state index in [4.69, 9.17) is 9.15 Å². The van der Waals surface area contributed by atoms with E-state index in [1.807, 2.05) is 56.0 Å². The Kier molecular flexibility index (Phi) is 9.84. The molecule has 1 heterocycles. The third kappa shape index (κ3) is 7.51. The van der Waals surface area contributed by atoms with Gasteiger partial charge in [-0.25, -0.2) is 4.98 Å². The predicted octanol–water partition coefficient (Wildman–Crippen LogP) is 7.39. The molecule has 6 nitrogen and oxygen atoms in total. The van der Waals surface area contributed by atoms with Crippen molar-refractivity contribution in [1.29, 1.82) is 0 Å². The van der Waals surface area contributed by atoms with Crippen LogP contribution in [0.1, 0.15) is 70.9 Å². The van der Waals surface area contributed by atoms with Crippen LogP contribution in [0.15, 0.2) is 70.6 Å². The van der Waals surface area contributed by atoms with Crippen LogP contribution in [0.4, 0.5) is 5.69 Å². The molecule has 1 amide bonds. The number of oxazole rings is 1. The van der Waals surface area contributed by atoms with Crippen LogP contribution in [0.2, 0.25) is 0 Å². The molecule has 1 N–H and O–H groups in total. The minimum Gasteiger partial charge on any atom is -0.497 e. The second-order valence-electron chi connectivity index (χ2n) is 11.5. The van der Waals surface area contributed by atoms with Crippen LogP contribution < -0.4 is 4.90 Å². The van der Waals surface area contributed by atoms with Crippen LogP contribution in [0.25, 0.3) is 11.5 Å². The highest BCUT2D eigenvalue weighted by Crippen LogP contribution is 2.36. The third-order valence-corrected chi connectivity index (χ3v) is 8.31. The van der Waals surface area contributed by atoms with Gasteiger partial charge in [0.2, 0.25) is 11.8 Å². The maximum absolute atomic E-state index is 13.9. The summed E-state index contributed by atoms with van der Waals surface area (Å²) in [5.74, 6) is 2.46. The van der Waals surface area contributed by atoms with Gasteiger partial charge in [0.1, 0.15) is 12.0 Å². The van der Waals surface area contributed by atoms with Crippen molar-refractivity contribution in [3.8, 4) is 11.5 Å². The summed E-state index contributed by atoms with van der Waals surface area (Å²) in [6, 6.07) is 7.99. The summed E-state index contributed by atoms with van der Waals surface area (Å²) in [5.41, 5.74) is 4.88.